The van der Waals surface area contributed by atoms with E-state index < -0.39 is 0 Å². The molecule has 0 heterocycles. The Morgan fingerprint density at radius 1 is 1.05 bits per heavy atom. The van der Waals surface area contributed by atoms with Gasteiger partial charge in [-0.25, -0.2) is 0 Å². The lowest BCUT2D eigenvalue weighted by molar-refractivity contribution is -0.138. The molecule has 0 amide bonds. The first kappa shape index (κ1) is 15.1. The molecule has 0 radical (unpaired) electrons. The molecule has 3 nitrogen and oxygen atoms in total. The maximum Gasteiger partial charge on any atom is 0.314 e. The fraction of sp³-hybridized carbons (Fsp3) is 0.278. The minimum Gasteiger partial charge on any atom is -0.489 e. The second-order valence-electron chi connectivity index (χ2n) is 4.98. The van der Waals surface area contributed by atoms with Crippen molar-refractivity contribution in [3.63, 3.8) is 0 Å². The molecule has 0 aliphatic heterocycles. The summed E-state index contributed by atoms with van der Waals surface area (Å²) < 4.78 is 11.1. The summed E-state index contributed by atoms with van der Waals surface area (Å²) in [5.74, 6) is 0.899. The Hall–Kier alpha value is -2.29. The minimum absolute atomic E-state index is 0.0982. The van der Waals surface area contributed by atoms with E-state index in [2.05, 4.69) is 0 Å². The standard InChI is InChI=1S/C18H20O3/c1-3-14(2)18(19)21-17-11-7-10-16(12-17)20-13-15-8-5-4-6-9-15/h4-12,14H,3,13H2,1-2H3. The second kappa shape index (κ2) is 7.48. The van der Waals surface area contributed by atoms with E-state index in [1.54, 1.807) is 12.1 Å². The lowest BCUT2D eigenvalue weighted by atomic mass is 10.1. The third-order valence-electron chi connectivity index (χ3n) is 3.29. The molecule has 0 aromatic heterocycles. The van der Waals surface area contributed by atoms with Gasteiger partial charge in [0.15, 0.2) is 0 Å². The van der Waals surface area contributed by atoms with Crippen molar-refractivity contribution >= 4 is 5.97 Å². The maximum absolute atomic E-state index is 11.8. The highest BCUT2D eigenvalue weighted by Gasteiger charge is 2.13. The number of rotatable bonds is 6. The molecule has 21 heavy (non-hydrogen) atoms. The predicted molar refractivity (Wildman–Crippen MR) is 82.3 cm³/mol. The van der Waals surface area contributed by atoms with Crippen LogP contribution in [-0.2, 0) is 11.4 Å². The van der Waals surface area contributed by atoms with E-state index in [9.17, 15) is 4.79 Å². The van der Waals surface area contributed by atoms with Crippen LogP contribution in [0.5, 0.6) is 11.5 Å². The molecule has 0 fully saturated rings. The summed E-state index contributed by atoms with van der Waals surface area (Å²) in [6, 6.07) is 17.1. The number of hydrogen-bond donors (Lipinski definition) is 0. The third kappa shape index (κ3) is 4.63. The van der Waals surface area contributed by atoms with Crippen molar-refractivity contribution in [3.8, 4) is 11.5 Å². The quantitative estimate of drug-likeness (QED) is 0.588. The molecule has 0 N–H and O–H groups in total. The van der Waals surface area contributed by atoms with Crippen LogP contribution in [0.2, 0.25) is 0 Å². The molecule has 0 aliphatic rings. The Balaban J connectivity index is 1.96. The molecule has 0 aliphatic carbocycles. The molecular weight excluding hydrogens is 264 g/mol. The predicted octanol–water partition coefficient (Wildman–Crippen LogP) is 4.22. The average Bonchev–Trinajstić information content (AvgIpc) is 2.53. The van der Waals surface area contributed by atoms with Gasteiger partial charge in [0, 0.05) is 6.07 Å². The van der Waals surface area contributed by atoms with E-state index in [-0.39, 0.29) is 11.9 Å². The Kier molecular flexibility index (Phi) is 5.38. The van der Waals surface area contributed by atoms with Gasteiger partial charge < -0.3 is 9.47 Å². The summed E-state index contributed by atoms with van der Waals surface area (Å²) in [6.07, 6.45) is 0.767. The minimum atomic E-state index is -0.210. The van der Waals surface area contributed by atoms with Crippen LogP contribution in [0.3, 0.4) is 0 Å². The second-order valence-corrected chi connectivity index (χ2v) is 4.98. The highest BCUT2D eigenvalue weighted by atomic mass is 16.5. The number of benzene rings is 2. The van der Waals surface area contributed by atoms with Gasteiger partial charge in [-0.3, -0.25) is 4.79 Å². The molecule has 2 rings (SSSR count). The Morgan fingerprint density at radius 3 is 2.48 bits per heavy atom. The number of carbonyl (C=O) groups is 1. The van der Waals surface area contributed by atoms with Crippen LogP contribution < -0.4 is 9.47 Å². The van der Waals surface area contributed by atoms with Crippen molar-refractivity contribution in [1.82, 2.24) is 0 Å². The van der Waals surface area contributed by atoms with E-state index in [0.29, 0.717) is 18.1 Å². The lowest BCUT2D eigenvalue weighted by Gasteiger charge is -2.11. The SMILES string of the molecule is CCC(C)C(=O)Oc1cccc(OCc2ccccc2)c1. The molecule has 1 unspecified atom stereocenters. The summed E-state index contributed by atoms with van der Waals surface area (Å²) in [6.45, 7) is 4.31. The summed E-state index contributed by atoms with van der Waals surface area (Å²) in [7, 11) is 0. The lowest BCUT2D eigenvalue weighted by Crippen LogP contribution is -2.16. The van der Waals surface area contributed by atoms with E-state index in [1.807, 2.05) is 56.3 Å². The number of hydrogen-bond acceptors (Lipinski definition) is 3. The van der Waals surface area contributed by atoms with Crippen molar-refractivity contribution in [2.24, 2.45) is 5.92 Å². The Bertz CT molecular complexity index is 578. The van der Waals surface area contributed by atoms with Gasteiger partial charge in [0.05, 0.1) is 5.92 Å². The molecule has 0 spiro atoms. The zero-order valence-electron chi connectivity index (χ0n) is 12.4. The molecule has 110 valence electrons. The van der Waals surface area contributed by atoms with Crippen LogP contribution in [-0.4, -0.2) is 5.97 Å². The van der Waals surface area contributed by atoms with E-state index in [0.717, 1.165) is 12.0 Å². The topological polar surface area (TPSA) is 35.5 Å². The highest BCUT2D eigenvalue weighted by molar-refractivity contribution is 5.74. The molecule has 1 atom stereocenters. The smallest absolute Gasteiger partial charge is 0.314 e. The first-order valence-corrected chi connectivity index (χ1v) is 7.17. The molecule has 0 saturated carbocycles. The van der Waals surface area contributed by atoms with Crippen LogP contribution in [0.4, 0.5) is 0 Å². The molecule has 0 saturated heterocycles. The van der Waals surface area contributed by atoms with Crippen LogP contribution in [0, 0.1) is 5.92 Å². The fourth-order valence-electron chi connectivity index (χ4n) is 1.75. The van der Waals surface area contributed by atoms with Crippen LogP contribution >= 0.6 is 0 Å². The zero-order valence-corrected chi connectivity index (χ0v) is 12.4. The Morgan fingerprint density at radius 2 is 1.76 bits per heavy atom. The van der Waals surface area contributed by atoms with Crippen molar-refractivity contribution in [1.29, 1.82) is 0 Å². The average molecular weight is 284 g/mol. The monoisotopic (exact) mass is 284 g/mol. The zero-order chi connectivity index (χ0) is 15.1. The van der Waals surface area contributed by atoms with Crippen LogP contribution in [0.15, 0.2) is 54.6 Å². The van der Waals surface area contributed by atoms with Crippen LogP contribution in [0.25, 0.3) is 0 Å². The van der Waals surface area contributed by atoms with Gasteiger partial charge >= 0.3 is 5.97 Å². The van der Waals surface area contributed by atoms with Gasteiger partial charge in [-0.1, -0.05) is 50.2 Å². The van der Waals surface area contributed by atoms with E-state index in [1.165, 1.54) is 0 Å². The molecule has 2 aromatic rings. The largest absolute Gasteiger partial charge is 0.489 e. The molecule has 3 heteroatoms. The Labute approximate surface area is 125 Å². The van der Waals surface area contributed by atoms with Gasteiger partial charge in [0.1, 0.15) is 18.1 Å². The van der Waals surface area contributed by atoms with Gasteiger partial charge in [0.2, 0.25) is 0 Å². The number of esters is 1. The van der Waals surface area contributed by atoms with E-state index >= 15 is 0 Å². The third-order valence-corrected chi connectivity index (χ3v) is 3.29. The van der Waals surface area contributed by atoms with Crippen molar-refractivity contribution in [2.45, 2.75) is 26.9 Å². The van der Waals surface area contributed by atoms with E-state index in [4.69, 9.17) is 9.47 Å². The van der Waals surface area contributed by atoms with Gasteiger partial charge in [-0.05, 0) is 24.1 Å². The molecule has 0 bridgehead atoms. The normalized spacial score (nSPS) is 11.7. The van der Waals surface area contributed by atoms with Crippen molar-refractivity contribution < 1.29 is 14.3 Å². The molecule has 2 aromatic carbocycles. The first-order chi connectivity index (χ1) is 10.2. The van der Waals surface area contributed by atoms with Gasteiger partial charge in [-0.2, -0.15) is 0 Å². The number of ether oxygens (including phenoxy) is 2. The van der Waals surface area contributed by atoms with Crippen molar-refractivity contribution in [2.75, 3.05) is 0 Å². The summed E-state index contributed by atoms with van der Waals surface area (Å²) >= 11 is 0. The highest BCUT2D eigenvalue weighted by Crippen LogP contribution is 2.21. The van der Waals surface area contributed by atoms with Gasteiger partial charge in [0.25, 0.3) is 0 Å². The first-order valence-electron chi connectivity index (χ1n) is 7.17. The maximum atomic E-state index is 11.8. The van der Waals surface area contributed by atoms with Crippen molar-refractivity contribution in [3.05, 3.63) is 60.2 Å². The van der Waals surface area contributed by atoms with Gasteiger partial charge in [-0.15, -0.1) is 0 Å². The number of carbonyl (C=O) groups excluding carboxylic acids is 1. The summed E-state index contributed by atoms with van der Waals surface area (Å²) in [5.41, 5.74) is 1.10. The van der Waals surface area contributed by atoms with Crippen LogP contribution in [0.1, 0.15) is 25.8 Å². The summed E-state index contributed by atoms with van der Waals surface area (Å²) in [4.78, 5) is 11.8. The molecular formula is C18H20O3. The summed E-state index contributed by atoms with van der Waals surface area (Å²) in [5, 5.41) is 0. The fourth-order valence-corrected chi connectivity index (χ4v) is 1.75.